The van der Waals surface area contributed by atoms with E-state index in [1.807, 2.05) is 30.3 Å². The fraction of sp³-hybridized carbons (Fsp3) is 0.150. The number of carbonyl (C=O) groups excluding carboxylic acids is 1. The van der Waals surface area contributed by atoms with E-state index in [1.165, 1.54) is 4.57 Å². The molecule has 0 spiro atoms. The number of fused-ring (bicyclic) bond motifs is 1. The Morgan fingerprint density at radius 2 is 2.04 bits per heavy atom. The minimum atomic E-state index is -0.247. The molecule has 0 fully saturated rings. The fourth-order valence-electron chi connectivity index (χ4n) is 2.64. The molecule has 27 heavy (non-hydrogen) atoms. The highest BCUT2D eigenvalue weighted by Crippen LogP contribution is 2.11. The first-order valence-electron chi connectivity index (χ1n) is 8.44. The number of carbonyl (C=O) groups is 1. The van der Waals surface area contributed by atoms with E-state index in [2.05, 4.69) is 16.9 Å². The predicted molar refractivity (Wildman–Crippen MR) is 108 cm³/mol. The highest BCUT2D eigenvalue weighted by atomic mass is 32.1. The normalized spacial score (nSPS) is 10.5. The molecule has 0 bridgehead atoms. The first-order chi connectivity index (χ1) is 13.1. The first-order valence-corrected chi connectivity index (χ1v) is 8.85. The van der Waals surface area contributed by atoms with E-state index in [9.17, 15) is 9.59 Å². The maximum Gasteiger partial charge on any atom is 0.262 e. The molecule has 0 radical (unpaired) electrons. The van der Waals surface area contributed by atoms with E-state index < -0.39 is 0 Å². The molecule has 0 aliphatic heterocycles. The van der Waals surface area contributed by atoms with Gasteiger partial charge in [0, 0.05) is 12.1 Å². The molecule has 0 atom stereocenters. The lowest BCUT2D eigenvalue weighted by Gasteiger charge is -2.09. The molecule has 0 aliphatic carbocycles. The molecule has 3 aromatic rings. The third-order valence-corrected chi connectivity index (χ3v) is 4.28. The number of aromatic nitrogens is 2. The van der Waals surface area contributed by atoms with E-state index in [-0.39, 0.29) is 11.5 Å². The van der Waals surface area contributed by atoms with Crippen LogP contribution in [0.4, 0.5) is 0 Å². The zero-order chi connectivity index (χ0) is 19.2. The van der Waals surface area contributed by atoms with Crippen LogP contribution >= 0.6 is 12.2 Å². The molecule has 0 saturated carbocycles. The van der Waals surface area contributed by atoms with E-state index in [0.717, 1.165) is 5.75 Å². The summed E-state index contributed by atoms with van der Waals surface area (Å²) >= 11 is 5.22. The Labute approximate surface area is 161 Å². The van der Waals surface area contributed by atoms with Crippen LogP contribution in [0.15, 0.2) is 66.0 Å². The molecule has 1 amide bonds. The Morgan fingerprint density at radius 1 is 1.26 bits per heavy atom. The molecular weight excluding hydrogens is 362 g/mol. The Morgan fingerprint density at radius 3 is 2.78 bits per heavy atom. The van der Waals surface area contributed by atoms with Crippen LogP contribution in [0.25, 0.3) is 10.9 Å². The summed E-state index contributed by atoms with van der Waals surface area (Å²) in [6.45, 7) is 4.68. The molecule has 1 heterocycles. The number of para-hydroxylation sites is 1. The molecule has 0 aliphatic rings. The van der Waals surface area contributed by atoms with Crippen molar-refractivity contribution < 1.29 is 9.53 Å². The molecule has 138 valence electrons. The van der Waals surface area contributed by atoms with Gasteiger partial charge in [-0.25, -0.2) is 0 Å². The lowest BCUT2D eigenvalue weighted by atomic mass is 10.1. The quantitative estimate of drug-likeness (QED) is 0.375. The van der Waals surface area contributed by atoms with E-state index in [1.54, 1.807) is 24.3 Å². The zero-order valence-corrected chi connectivity index (χ0v) is 15.4. The van der Waals surface area contributed by atoms with Gasteiger partial charge in [0.25, 0.3) is 11.5 Å². The summed E-state index contributed by atoms with van der Waals surface area (Å²) in [5, 5.41) is 3.26. The standard InChI is InChI=1S/C20H19N3O3S/c1-2-11-23-19(25)16-9-8-14(13-17(16)22-20(23)27)18(24)21-10-12-26-15-6-4-3-5-7-15/h2-9,13H,1,10-12H2,(H,21,24)(H,22,27). The Hall–Kier alpha value is -3.19. The van der Waals surface area contributed by atoms with E-state index in [4.69, 9.17) is 17.0 Å². The van der Waals surface area contributed by atoms with Crippen molar-refractivity contribution in [2.75, 3.05) is 13.2 Å². The van der Waals surface area contributed by atoms with E-state index in [0.29, 0.717) is 40.9 Å². The van der Waals surface area contributed by atoms with Crippen molar-refractivity contribution in [2.24, 2.45) is 0 Å². The van der Waals surface area contributed by atoms with Gasteiger partial charge in [-0.3, -0.25) is 14.2 Å². The molecule has 1 aromatic heterocycles. The van der Waals surface area contributed by atoms with Gasteiger partial charge in [-0.1, -0.05) is 24.3 Å². The monoisotopic (exact) mass is 381 g/mol. The fourth-order valence-corrected chi connectivity index (χ4v) is 2.91. The van der Waals surface area contributed by atoms with E-state index >= 15 is 0 Å². The Bertz CT molecular complexity index is 1090. The molecule has 6 nitrogen and oxygen atoms in total. The zero-order valence-electron chi connectivity index (χ0n) is 14.6. The number of amides is 1. The molecule has 0 unspecified atom stereocenters. The number of ether oxygens (including phenoxy) is 1. The van der Waals surface area contributed by atoms with Gasteiger partial charge in [0.1, 0.15) is 12.4 Å². The van der Waals surface area contributed by atoms with Gasteiger partial charge in [-0.15, -0.1) is 6.58 Å². The van der Waals surface area contributed by atoms with Crippen molar-refractivity contribution in [3.05, 3.63) is 81.9 Å². The van der Waals surface area contributed by atoms with Gasteiger partial charge < -0.3 is 15.0 Å². The highest BCUT2D eigenvalue weighted by molar-refractivity contribution is 7.71. The summed E-state index contributed by atoms with van der Waals surface area (Å²) in [7, 11) is 0. The SMILES string of the molecule is C=CCn1c(=S)[nH]c2cc(C(=O)NCCOc3ccccc3)ccc2c1=O. The number of hydrogen-bond acceptors (Lipinski definition) is 4. The number of benzene rings is 2. The van der Waals surface area contributed by atoms with Crippen LogP contribution in [0.2, 0.25) is 0 Å². The molecule has 2 aromatic carbocycles. The molecule has 3 rings (SSSR count). The van der Waals surface area contributed by atoms with Crippen LogP contribution in [0, 0.1) is 4.77 Å². The Kier molecular flexibility index (Phi) is 5.83. The summed E-state index contributed by atoms with van der Waals surface area (Å²) < 4.78 is 7.26. The lowest BCUT2D eigenvalue weighted by Crippen LogP contribution is -2.28. The van der Waals surface area contributed by atoms with Gasteiger partial charge in [0.2, 0.25) is 0 Å². The largest absolute Gasteiger partial charge is 0.492 e. The van der Waals surface area contributed by atoms with Crippen LogP contribution < -0.4 is 15.6 Å². The molecule has 7 heteroatoms. The van der Waals surface area contributed by atoms with Crippen molar-refractivity contribution >= 4 is 29.0 Å². The van der Waals surface area contributed by atoms with Gasteiger partial charge in [0.15, 0.2) is 4.77 Å². The average Bonchev–Trinajstić information content (AvgIpc) is 2.68. The lowest BCUT2D eigenvalue weighted by molar-refractivity contribution is 0.0947. The Balaban J connectivity index is 1.70. The van der Waals surface area contributed by atoms with Crippen molar-refractivity contribution in [1.29, 1.82) is 0 Å². The van der Waals surface area contributed by atoms with Gasteiger partial charge in [-0.05, 0) is 42.5 Å². The average molecular weight is 381 g/mol. The second-order valence-corrected chi connectivity index (χ2v) is 6.20. The number of hydrogen-bond donors (Lipinski definition) is 2. The van der Waals surface area contributed by atoms with Crippen molar-refractivity contribution in [2.45, 2.75) is 6.54 Å². The molecule has 0 saturated heterocycles. The maximum absolute atomic E-state index is 12.5. The smallest absolute Gasteiger partial charge is 0.262 e. The number of aromatic amines is 1. The first kappa shape index (κ1) is 18.6. The van der Waals surface area contributed by atoms with Crippen molar-refractivity contribution in [3.63, 3.8) is 0 Å². The number of H-pyrrole nitrogens is 1. The number of rotatable bonds is 7. The van der Waals surface area contributed by atoms with Crippen molar-refractivity contribution in [3.8, 4) is 5.75 Å². The predicted octanol–water partition coefficient (Wildman–Crippen LogP) is 3.05. The van der Waals surface area contributed by atoms with Crippen LogP contribution in [0.3, 0.4) is 0 Å². The molecular formula is C20H19N3O3S. The second-order valence-electron chi connectivity index (χ2n) is 5.81. The minimum Gasteiger partial charge on any atom is -0.492 e. The van der Waals surface area contributed by atoms with Crippen LogP contribution in [-0.4, -0.2) is 28.6 Å². The number of nitrogens with one attached hydrogen (secondary N) is 2. The summed E-state index contributed by atoms with van der Waals surface area (Å²) in [5.41, 5.74) is 0.754. The second kappa shape index (κ2) is 8.46. The summed E-state index contributed by atoms with van der Waals surface area (Å²) in [4.78, 5) is 27.8. The topological polar surface area (TPSA) is 76.1 Å². The van der Waals surface area contributed by atoms with Gasteiger partial charge in [0.05, 0.1) is 17.4 Å². The minimum absolute atomic E-state index is 0.211. The molecule has 2 N–H and O–H groups in total. The van der Waals surface area contributed by atoms with Crippen LogP contribution in [0.5, 0.6) is 5.75 Å². The van der Waals surface area contributed by atoms with Crippen molar-refractivity contribution in [1.82, 2.24) is 14.9 Å². The number of allylic oxidation sites excluding steroid dienone is 1. The third kappa shape index (κ3) is 4.32. The summed E-state index contributed by atoms with van der Waals surface area (Å²) in [5.74, 6) is 0.504. The van der Waals surface area contributed by atoms with Gasteiger partial charge >= 0.3 is 0 Å². The summed E-state index contributed by atoms with van der Waals surface area (Å²) in [6.07, 6.45) is 1.61. The van der Waals surface area contributed by atoms with Crippen LogP contribution in [0.1, 0.15) is 10.4 Å². The van der Waals surface area contributed by atoms with Crippen LogP contribution in [-0.2, 0) is 6.54 Å². The summed E-state index contributed by atoms with van der Waals surface area (Å²) in [6, 6.07) is 14.2. The van der Waals surface area contributed by atoms with Gasteiger partial charge in [-0.2, -0.15) is 0 Å². The maximum atomic E-state index is 12.5. The highest BCUT2D eigenvalue weighted by Gasteiger charge is 2.10. The third-order valence-electron chi connectivity index (χ3n) is 3.96. The number of nitrogens with zero attached hydrogens (tertiary/aromatic N) is 1.